The Hall–Kier alpha value is -0.700. The zero-order valence-corrected chi connectivity index (χ0v) is 10.3. The average Bonchev–Trinajstić information content (AvgIpc) is 3.10. The SMILES string of the molecule is CCCSN(C)c1cc(C2CC2)ccn1. The summed E-state index contributed by atoms with van der Waals surface area (Å²) in [7, 11) is 2.10. The molecule has 2 nitrogen and oxygen atoms in total. The van der Waals surface area contributed by atoms with Crippen molar-refractivity contribution in [2.24, 2.45) is 0 Å². The molecule has 1 aliphatic rings. The van der Waals surface area contributed by atoms with Gasteiger partial charge in [-0.1, -0.05) is 6.92 Å². The van der Waals surface area contributed by atoms with E-state index in [1.54, 1.807) is 0 Å². The lowest BCUT2D eigenvalue weighted by atomic mass is 10.2. The molecule has 1 aromatic heterocycles. The maximum absolute atomic E-state index is 4.41. The van der Waals surface area contributed by atoms with Gasteiger partial charge in [0.25, 0.3) is 0 Å². The van der Waals surface area contributed by atoms with Crippen LogP contribution >= 0.6 is 11.9 Å². The van der Waals surface area contributed by atoms with E-state index in [0.29, 0.717) is 0 Å². The molecule has 0 aromatic carbocycles. The molecule has 15 heavy (non-hydrogen) atoms. The highest BCUT2D eigenvalue weighted by Gasteiger charge is 2.23. The normalized spacial score (nSPS) is 15.3. The fourth-order valence-corrected chi connectivity index (χ4v) is 2.26. The molecule has 0 unspecified atom stereocenters. The van der Waals surface area contributed by atoms with Gasteiger partial charge in [0.1, 0.15) is 5.82 Å². The topological polar surface area (TPSA) is 16.1 Å². The van der Waals surface area contributed by atoms with E-state index < -0.39 is 0 Å². The summed E-state index contributed by atoms with van der Waals surface area (Å²) in [5, 5.41) is 0. The molecular formula is C12H18N2S. The van der Waals surface area contributed by atoms with Crippen molar-refractivity contribution in [2.45, 2.75) is 32.1 Å². The molecule has 1 aliphatic carbocycles. The van der Waals surface area contributed by atoms with Crippen molar-refractivity contribution in [2.75, 3.05) is 17.1 Å². The molecule has 3 heteroatoms. The van der Waals surface area contributed by atoms with Gasteiger partial charge in [-0.2, -0.15) is 0 Å². The predicted molar refractivity (Wildman–Crippen MR) is 67.4 cm³/mol. The summed E-state index contributed by atoms with van der Waals surface area (Å²) in [5.41, 5.74) is 1.46. The second-order valence-electron chi connectivity index (χ2n) is 4.05. The van der Waals surface area contributed by atoms with E-state index in [9.17, 15) is 0 Å². The van der Waals surface area contributed by atoms with Crippen molar-refractivity contribution in [3.63, 3.8) is 0 Å². The van der Waals surface area contributed by atoms with Crippen LogP contribution in [0.4, 0.5) is 5.82 Å². The maximum atomic E-state index is 4.41. The van der Waals surface area contributed by atoms with Crippen LogP contribution in [0.15, 0.2) is 18.3 Å². The average molecular weight is 222 g/mol. The van der Waals surface area contributed by atoms with Gasteiger partial charge in [0.2, 0.25) is 0 Å². The zero-order chi connectivity index (χ0) is 10.7. The molecule has 1 fully saturated rings. The highest BCUT2D eigenvalue weighted by molar-refractivity contribution is 8.00. The summed E-state index contributed by atoms with van der Waals surface area (Å²) in [5.74, 6) is 3.07. The molecule has 1 heterocycles. The lowest BCUT2D eigenvalue weighted by Gasteiger charge is -2.16. The van der Waals surface area contributed by atoms with Crippen molar-refractivity contribution < 1.29 is 0 Å². The lowest BCUT2D eigenvalue weighted by molar-refractivity contribution is 1.08. The van der Waals surface area contributed by atoms with Gasteiger partial charge in [0.05, 0.1) is 0 Å². The maximum Gasteiger partial charge on any atom is 0.138 e. The third kappa shape index (κ3) is 2.88. The van der Waals surface area contributed by atoms with E-state index in [1.165, 1.54) is 24.8 Å². The van der Waals surface area contributed by atoms with Crippen molar-refractivity contribution in [1.29, 1.82) is 0 Å². The van der Waals surface area contributed by atoms with Crippen LogP contribution in [-0.2, 0) is 0 Å². The summed E-state index contributed by atoms with van der Waals surface area (Å²) < 4.78 is 2.18. The highest BCUT2D eigenvalue weighted by atomic mass is 32.2. The van der Waals surface area contributed by atoms with Crippen LogP contribution in [0.3, 0.4) is 0 Å². The molecule has 0 bridgehead atoms. The van der Waals surface area contributed by atoms with Crippen molar-refractivity contribution >= 4 is 17.8 Å². The van der Waals surface area contributed by atoms with E-state index in [1.807, 2.05) is 18.1 Å². The number of nitrogens with zero attached hydrogens (tertiary/aromatic N) is 2. The van der Waals surface area contributed by atoms with Crippen LogP contribution in [0.1, 0.15) is 37.7 Å². The Morgan fingerprint density at radius 2 is 2.33 bits per heavy atom. The fourth-order valence-electron chi connectivity index (χ4n) is 1.57. The first-order valence-electron chi connectivity index (χ1n) is 5.64. The first kappa shape index (κ1) is 10.8. The molecule has 1 saturated carbocycles. The number of anilines is 1. The standard InChI is InChI=1S/C12H18N2S/c1-3-8-15-14(2)12-9-11(6-7-13-12)10-4-5-10/h6-7,9-10H,3-5,8H2,1-2H3. The largest absolute Gasteiger partial charge is 0.304 e. The van der Waals surface area contributed by atoms with Gasteiger partial charge in [-0.25, -0.2) is 4.98 Å². The number of rotatable bonds is 5. The molecule has 82 valence electrons. The molecule has 1 aromatic rings. The molecule has 0 saturated heterocycles. The minimum absolute atomic E-state index is 0.816. The monoisotopic (exact) mass is 222 g/mol. The second kappa shape index (κ2) is 4.88. The summed E-state index contributed by atoms with van der Waals surface area (Å²) >= 11 is 1.84. The summed E-state index contributed by atoms with van der Waals surface area (Å²) in [6, 6.07) is 4.39. The Balaban J connectivity index is 2.02. The summed E-state index contributed by atoms with van der Waals surface area (Å²) in [4.78, 5) is 4.41. The third-order valence-corrected chi connectivity index (χ3v) is 3.80. The van der Waals surface area contributed by atoms with Gasteiger partial charge in [-0.3, -0.25) is 0 Å². The van der Waals surface area contributed by atoms with Gasteiger partial charge >= 0.3 is 0 Å². The number of aromatic nitrogens is 1. The Morgan fingerprint density at radius 3 is 3.00 bits per heavy atom. The molecule has 2 rings (SSSR count). The van der Waals surface area contributed by atoms with Crippen molar-refractivity contribution in [3.05, 3.63) is 23.9 Å². The first-order valence-corrected chi connectivity index (χ1v) is 6.58. The number of hydrogen-bond acceptors (Lipinski definition) is 3. The van der Waals surface area contributed by atoms with E-state index in [4.69, 9.17) is 0 Å². The van der Waals surface area contributed by atoms with Crippen molar-refractivity contribution in [3.8, 4) is 0 Å². The van der Waals surface area contributed by atoms with Crippen LogP contribution in [-0.4, -0.2) is 17.8 Å². The zero-order valence-electron chi connectivity index (χ0n) is 9.44. The fraction of sp³-hybridized carbons (Fsp3) is 0.583. The molecule has 0 amide bonds. The predicted octanol–water partition coefficient (Wildman–Crippen LogP) is 3.45. The second-order valence-corrected chi connectivity index (χ2v) is 5.27. The van der Waals surface area contributed by atoms with Crippen LogP contribution in [0, 0.1) is 0 Å². The van der Waals surface area contributed by atoms with Crippen LogP contribution in [0.5, 0.6) is 0 Å². The highest BCUT2D eigenvalue weighted by Crippen LogP contribution is 2.40. The van der Waals surface area contributed by atoms with Gasteiger partial charge in [0, 0.05) is 19.0 Å². The number of pyridine rings is 1. The van der Waals surface area contributed by atoms with Gasteiger partial charge in [-0.05, 0) is 54.8 Å². The van der Waals surface area contributed by atoms with Crippen LogP contribution in [0.2, 0.25) is 0 Å². The van der Waals surface area contributed by atoms with E-state index in [2.05, 4.69) is 35.4 Å². The number of hydrogen-bond donors (Lipinski definition) is 0. The Labute approximate surface area is 96.2 Å². The minimum Gasteiger partial charge on any atom is -0.304 e. The smallest absolute Gasteiger partial charge is 0.138 e. The Morgan fingerprint density at radius 1 is 1.53 bits per heavy atom. The molecule has 0 atom stereocenters. The molecule has 0 aliphatic heterocycles. The third-order valence-electron chi connectivity index (χ3n) is 2.63. The van der Waals surface area contributed by atoms with Gasteiger partial charge < -0.3 is 4.31 Å². The first-order chi connectivity index (χ1) is 7.31. The van der Waals surface area contributed by atoms with Gasteiger partial charge in [-0.15, -0.1) is 0 Å². The quantitative estimate of drug-likeness (QED) is 0.710. The Bertz CT molecular complexity index is 323. The Kier molecular flexibility index (Phi) is 3.52. The van der Waals surface area contributed by atoms with Crippen LogP contribution in [0.25, 0.3) is 0 Å². The molecule has 0 spiro atoms. The van der Waals surface area contributed by atoms with E-state index in [0.717, 1.165) is 17.5 Å². The molecule has 0 radical (unpaired) electrons. The summed E-state index contributed by atoms with van der Waals surface area (Å²) in [6.45, 7) is 2.20. The van der Waals surface area contributed by atoms with Crippen LogP contribution < -0.4 is 4.31 Å². The minimum atomic E-state index is 0.816. The van der Waals surface area contributed by atoms with Gasteiger partial charge in [0.15, 0.2) is 0 Å². The van der Waals surface area contributed by atoms with E-state index >= 15 is 0 Å². The lowest BCUT2D eigenvalue weighted by Crippen LogP contribution is -2.09. The molecular weight excluding hydrogens is 204 g/mol. The summed E-state index contributed by atoms with van der Waals surface area (Å²) in [6.07, 6.45) is 5.86. The van der Waals surface area contributed by atoms with Crippen molar-refractivity contribution in [1.82, 2.24) is 4.98 Å². The van der Waals surface area contributed by atoms with E-state index in [-0.39, 0.29) is 0 Å². The molecule has 0 N–H and O–H groups in total.